The van der Waals surface area contributed by atoms with Crippen LogP contribution in [0.4, 0.5) is 5.69 Å². The summed E-state index contributed by atoms with van der Waals surface area (Å²) in [5.74, 6) is 0. The Morgan fingerprint density at radius 1 is 0.846 bits per heavy atom. The quantitative estimate of drug-likeness (QED) is 0.446. The number of halogens is 1. The van der Waals surface area contributed by atoms with E-state index in [0.29, 0.717) is 0 Å². The first-order chi connectivity index (χ1) is 12.6. The summed E-state index contributed by atoms with van der Waals surface area (Å²) in [5.41, 5.74) is 6.06. The molecule has 0 amide bonds. The van der Waals surface area contributed by atoms with Crippen molar-refractivity contribution < 1.29 is 0 Å². The van der Waals surface area contributed by atoms with Gasteiger partial charge in [-0.2, -0.15) is 0 Å². The molecule has 1 aliphatic heterocycles. The van der Waals surface area contributed by atoms with Crippen LogP contribution in [0.15, 0.2) is 83.9 Å². The Morgan fingerprint density at radius 3 is 2.15 bits per heavy atom. The molecule has 0 N–H and O–H groups in total. The predicted octanol–water partition coefficient (Wildman–Crippen LogP) is 6.00. The van der Waals surface area contributed by atoms with E-state index in [1.54, 1.807) is 0 Å². The molecule has 0 aliphatic carbocycles. The summed E-state index contributed by atoms with van der Waals surface area (Å²) in [5, 5.41) is 0. The Kier molecular flexibility index (Phi) is 4.81. The minimum atomic E-state index is 0.00237. The van der Waals surface area contributed by atoms with Crippen molar-refractivity contribution in [2.45, 2.75) is 26.1 Å². The van der Waals surface area contributed by atoms with E-state index in [1.807, 2.05) is 0 Å². The second-order valence-electron chi connectivity index (χ2n) is 6.72. The monoisotopic (exact) mass is 452 g/mol. The van der Waals surface area contributed by atoms with Gasteiger partial charge in [-0.05, 0) is 71.8 Å². The van der Waals surface area contributed by atoms with E-state index in [0.717, 1.165) is 5.71 Å². The molecule has 0 bridgehead atoms. The molecule has 2 nitrogen and oxygen atoms in total. The first kappa shape index (κ1) is 17.3. The van der Waals surface area contributed by atoms with Gasteiger partial charge in [-0.3, -0.25) is 4.99 Å². The molecule has 3 aromatic rings. The number of aryl methyl sites for hydroxylation is 1. The van der Waals surface area contributed by atoms with Gasteiger partial charge in [0.25, 0.3) is 0 Å². The largest absolute Gasteiger partial charge is 0.337 e. The Balaban J connectivity index is 1.79. The zero-order valence-corrected chi connectivity index (χ0v) is 17.1. The smallest absolute Gasteiger partial charge is 0.148 e. The molecule has 0 aromatic heterocycles. The summed E-state index contributed by atoms with van der Waals surface area (Å²) in [6.07, 6.45) is 0.00237. The third-order valence-electron chi connectivity index (χ3n) is 4.91. The number of benzene rings is 3. The van der Waals surface area contributed by atoms with Crippen molar-refractivity contribution in [2.24, 2.45) is 4.99 Å². The fourth-order valence-electron chi connectivity index (χ4n) is 3.52. The lowest BCUT2D eigenvalue weighted by molar-refractivity contribution is 0.675. The standard InChI is InChI=1S/C23H21IN2/c1-16-8-10-18(11-9-16)22-17(2)26(21-14-12-20(24)13-15-21)23(25-22)19-6-4-3-5-7-19/h3-15,17,23H,1-2H3. The highest BCUT2D eigenvalue weighted by atomic mass is 127. The van der Waals surface area contributed by atoms with Gasteiger partial charge in [-0.15, -0.1) is 0 Å². The van der Waals surface area contributed by atoms with Gasteiger partial charge in [-0.25, -0.2) is 0 Å². The topological polar surface area (TPSA) is 15.6 Å². The number of hydrogen-bond donors (Lipinski definition) is 0. The van der Waals surface area contributed by atoms with Crippen molar-refractivity contribution in [1.82, 2.24) is 0 Å². The molecular formula is C23H21IN2. The number of aliphatic imine (C=N–C) groups is 1. The maximum absolute atomic E-state index is 5.16. The van der Waals surface area contributed by atoms with E-state index < -0.39 is 0 Å². The molecule has 2 atom stereocenters. The average molecular weight is 452 g/mol. The van der Waals surface area contributed by atoms with Crippen molar-refractivity contribution in [2.75, 3.05) is 4.90 Å². The van der Waals surface area contributed by atoms with Crippen LogP contribution in [0.25, 0.3) is 0 Å². The lowest BCUT2D eigenvalue weighted by Gasteiger charge is -2.30. The summed E-state index contributed by atoms with van der Waals surface area (Å²) < 4.78 is 1.24. The molecule has 4 rings (SSSR count). The van der Waals surface area contributed by atoms with Crippen LogP contribution >= 0.6 is 22.6 Å². The second kappa shape index (κ2) is 7.23. The van der Waals surface area contributed by atoms with Crippen LogP contribution < -0.4 is 4.90 Å². The van der Waals surface area contributed by atoms with Gasteiger partial charge in [0.05, 0.1) is 11.8 Å². The van der Waals surface area contributed by atoms with Gasteiger partial charge in [-0.1, -0.05) is 60.2 Å². The van der Waals surface area contributed by atoms with E-state index in [2.05, 4.69) is 120 Å². The highest BCUT2D eigenvalue weighted by Crippen LogP contribution is 2.37. The van der Waals surface area contributed by atoms with Gasteiger partial charge in [0.1, 0.15) is 6.17 Å². The molecule has 26 heavy (non-hydrogen) atoms. The number of nitrogens with zero attached hydrogens (tertiary/aromatic N) is 2. The molecule has 3 heteroatoms. The number of rotatable bonds is 3. The molecule has 0 radical (unpaired) electrons. The molecule has 0 saturated carbocycles. The summed E-state index contributed by atoms with van der Waals surface area (Å²) in [7, 11) is 0. The van der Waals surface area contributed by atoms with Gasteiger partial charge in [0.15, 0.2) is 0 Å². The average Bonchev–Trinajstić information content (AvgIpc) is 3.01. The van der Waals surface area contributed by atoms with Gasteiger partial charge < -0.3 is 4.90 Å². The van der Waals surface area contributed by atoms with Crippen LogP contribution in [0.5, 0.6) is 0 Å². The maximum atomic E-state index is 5.16. The molecule has 3 aromatic carbocycles. The second-order valence-corrected chi connectivity index (χ2v) is 7.97. The lowest BCUT2D eigenvalue weighted by atomic mass is 10.0. The predicted molar refractivity (Wildman–Crippen MR) is 118 cm³/mol. The van der Waals surface area contributed by atoms with Gasteiger partial charge in [0, 0.05) is 9.26 Å². The van der Waals surface area contributed by atoms with Crippen molar-refractivity contribution >= 4 is 34.0 Å². The fraction of sp³-hybridized carbons (Fsp3) is 0.174. The molecule has 130 valence electrons. The van der Waals surface area contributed by atoms with Crippen LogP contribution in [-0.2, 0) is 0 Å². The summed E-state index contributed by atoms with van der Waals surface area (Å²) in [6, 6.07) is 28.2. The van der Waals surface area contributed by atoms with Crippen molar-refractivity contribution in [1.29, 1.82) is 0 Å². The highest BCUT2D eigenvalue weighted by Gasteiger charge is 2.34. The minimum Gasteiger partial charge on any atom is -0.337 e. The van der Waals surface area contributed by atoms with Crippen LogP contribution in [0.2, 0.25) is 0 Å². The minimum absolute atomic E-state index is 0.00237. The zero-order chi connectivity index (χ0) is 18.1. The van der Waals surface area contributed by atoms with Crippen molar-refractivity contribution in [3.05, 3.63) is 99.1 Å². The van der Waals surface area contributed by atoms with Crippen LogP contribution in [0.3, 0.4) is 0 Å². The third kappa shape index (κ3) is 3.28. The molecule has 0 fully saturated rings. The Hall–Kier alpha value is -2.14. The molecule has 2 unspecified atom stereocenters. The first-order valence-corrected chi connectivity index (χ1v) is 9.95. The summed E-state index contributed by atoms with van der Waals surface area (Å²) in [4.78, 5) is 7.58. The van der Waals surface area contributed by atoms with Gasteiger partial charge >= 0.3 is 0 Å². The van der Waals surface area contributed by atoms with Gasteiger partial charge in [0.2, 0.25) is 0 Å². The maximum Gasteiger partial charge on any atom is 0.148 e. The van der Waals surface area contributed by atoms with Crippen LogP contribution in [0.1, 0.15) is 29.8 Å². The zero-order valence-electron chi connectivity index (χ0n) is 14.9. The first-order valence-electron chi connectivity index (χ1n) is 8.87. The molecule has 1 aliphatic rings. The SMILES string of the molecule is Cc1ccc(C2=NC(c3ccccc3)N(c3ccc(I)cc3)C2C)cc1. The third-order valence-corrected chi connectivity index (χ3v) is 5.63. The van der Waals surface area contributed by atoms with E-state index >= 15 is 0 Å². The van der Waals surface area contributed by atoms with E-state index in [-0.39, 0.29) is 12.2 Å². The number of hydrogen-bond acceptors (Lipinski definition) is 2. The molecule has 1 heterocycles. The highest BCUT2D eigenvalue weighted by molar-refractivity contribution is 14.1. The fourth-order valence-corrected chi connectivity index (χ4v) is 3.88. The molecular weight excluding hydrogens is 431 g/mol. The Morgan fingerprint density at radius 2 is 1.50 bits per heavy atom. The van der Waals surface area contributed by atoms with E-state index in [4.69, 9.17) is 4.99 Å². The van der Waals surface area contributed by atoms with E-state index in [9.17, 15) is 0 Å². The number of anilines is 1. The van der Waals surface area contributed by atoms with E-state index in [1.165, 1.54) is 25.9 Å². The summed E-state index contributed by atoms with van der Waals surface area (Å²) >= 11 is 2.35. The van der Waals surface area contributed by atoms with Crippen LogP contribution in [0, 0.1) is 10.5 Å². The van der Waals surface area contributed by atoms with Crippen molar-refractivity contribution in [3.8, 4) is 0 Å². The van der Waals surface area contributed by atoms with Crippen molar-refractivity contribution in [3.63, 3.8) is 0 Å². The normalized spacial score (nSPS) is 19.5. The lowest BCUT2D eigenvalue weighted by Crippen LogP contribution is -2.35. The molecule has 0 saturated heterocycles. The Bertz CT molecular complexity index is 915. The summed E-state index contributed by atoms with van der Waals surface area (Å²) in [6.45, 7) is 4.37. The molecule has 0 spiro atoms. The van der Waals surface area contributed by atoms with Crippen LogP contribution in [-0.4, -0.2) is 11.8 Å². The Labute approximate surface area is 168 Å².